The second-order valence-corrected chi connectivity index (χ2v) is 9.50. The Morgan fingerprint density at radius 2 is 1.73 bits per heavy atom. The molecule has 0 aromatic heterocycles. The summed E-state index contributed by atoms with van der Waals surface area (Å²) in [6.45, 7) is 8.87. The van der Waals surface area contributed by atoms with Gasteiger partial charge in [0.25, 0.3) is 0 Å². The molecular weight excluding hydrogens is 198 g/mol. The summed E-state index contributed by atoms with van der Waals surface area (Å²) in [5.74, 6) is 3.27. The summed E-state index contributed by atoms with van der Waals surface area (Å²) in [6, 6.07) is 10.4. The van der Waals surface area contributed by atoms with Crippen LogP contribution in [-0.4, -0.2) is 14.1 Å². The lowest BCUT2D eigenvalue weighted by molar-refractivity contribution is 1.03. The molecule has 15 heavy (non-hydrogen) atoms. The van der Waals surface area contributed by atoms with E-state index in [1.807, 2.05) is 18.2 Å². The molecule has 0 aliphatic carbocycles. The van der Waals surface area contributed by atoms with Gasteiger partial charge in [-0.15, -0.1) is 5.54 Å². The maximum absolute atomic E-state index is 3.37. The normalized spacial score (nSPS) is 12.5. The number of hydrogen-bond acceptors (Lipinski definition) is 1. The smallest absolute Gasteiger partial charge is 0.129 e. The van der Waals surface area contributed by atoms with Crippen LogP contribution < -0.4 is 5.32 Å². The number of hydrogen-bond donors (Lipinski definition) is 1. The Bertz CT molecular complexity index is 354. The highest BCUT2D eigenvalue weighted by Crippen LogP contribution is 2.06. The first-order valence-corrected chi connectivity index (χ1v) is 8.82. The number of anilines is 1. The third kappa shape index (κ3) is 5.29. The van der Waals surface area contributed by atoms with E-state index in [-0.39, 0.29) is 6.04 Å². The SMILES string of the molecule is C[C@@H](C#C[Si](C)(C)C)Nc1ccccc1. The van der Waals surface area contributed by atoms with Crippen LogP contribution in [0.5, 0.6) is 0 Å². The minimum atomic E-state index is -1.24. The van der Waals surface area contributed by atoms with Gasteiger partial charge in [0.1, 0.15) is 8.07 Å². The number of nitrogens with one attached hydrogen (secondary N) is 1. The molecule has 0 aliphatic heterocycles. The number of para-hydroxylation sites is 1. The van der Waals surface area contributed by atoms with Crippen LogP contribution in [0.1, 0.15) is 6.92 Å². The van der Waals surface area contributed by atoms with Gasteiger partial charge in [-0.3, -0.25) is 0 Å². The molecule has 0 heterocycles. The van der Waals surface area contributed by atoms with Crippen LogP contribution in [0.3, 0.4) is 0 Å². The first kappa shape index (κ1) is 11.9. The highest BCUT2D eigenvalue weighted by Gasteiger charge is 2.08. The minimum absolute atomic E-state index is 0.221. The molecule has 1 atom stereocenters. The third-order valence-electron chi connectivity index (χ3n) is 1.82. The first-order chi connectivity index (χ1) is 6.97. The predicted molar refractivity (Wildman–Crippen MR) is 70.6 cm³/mol. The van der Waals surface area contributed by atoms with Crippen LogP contribution in [0.25, 0.3) is 0 Å². The lowest BCUT2D eigenvalue weighted by Crippen LogP contribution is -2.19. The largest absolute Gasteiger partial charge is 0.372 e. The summed E-state index contributed by atoms with van der Waals surface area (Å²) in [4.78, 5) is 0. The van der Waals surface area contributed by atoms with E-state index < -0.39 is 8.07 Å². The first-order valence-electron chi connectivity index (χ1n) is 5.32. The zero-order chi connectivity index (χ0) is 11.3. The molecule has 1 aromatic rings. The monoisotopic (exact) mass is 217 g/mol. The molecule has 2 heteroatoms. The van der Waals surface area contributed by atoms with Gasteiger partial charge in [-0.2, -0.15) is 0 Å². The van der Waals surface area contributed by atoms with Crippen molar-refractivity contribution in [2.45, 2.75) is 32.6 Å². The van der Waals surface area contributed by atoms with Crippen molar-refractivity contribution < 1.29 is 0 Å². The van der Waals surface area contributed by atoms with Gasteiger partial charge >= 0.3 is 0 Å². The highest BCUT2D eigenvalue weighted by atomic mass is 28.3. The summed E-state index contributed by atoms with van der Waals surface area (Å²) in [7, 11) is -1.24. The van der Waals surface area contributed by atoms with Crippen LogP contribution in [0, 0.1) is 11.5 Å². The van der Waals surface area contributed by atoms with Crippen LogP contribution in [0.15, 0.2) is 30.3 Å². The third-order valence-corrected chi connectivity index (χ3v) is 2.71. The quantitative estimate of drug-likeness (QED) is 0.591. The standard InChI is InChI=1S/C13H19NSi/c1-12(10-11-15(2,3)4)14-13-8-6-5-7-9-13/h5-9,12,14H,1-4H3/t12-/m0/s1. The zero-order valence-electron chi connectivity index (χ0n) is 9.96. The van der Waals surface area contributed by atoms with Gasteiger partial charge in [0, 0.05) is 5.69 Å². The van der Waals surface area contributed by atoms with Gasteiger partial charge in [-0.25, -0.2) is 0 Å². The molecule has 0 saturated heterocycles. The zero-order valence-corrected chi connectivity index (χ0v) is 11.0. The molecule has 0 amide bonds. The van der Waals surface area contributed by atoms with Crippen LogP contribution in [0.4, 0.5) is 5.69 Å². The van der Waals surface area contributed by atoms with E-state index >= 15 is 0 Å². The average molecular weight is 217 g/mol. The van der Waals surface area contributed by atoms with Crippen molar-refractivity contribution in [2.24, 2.45) is 0 Å². The Balaban J connectivity index is 2.56. The van der Waals surface area contributed by atoms with Gasteiger partial charge < -0.3 is 5.32 Å². The van der Waals surface area contributed by atoms with Gasteiger partial charge in [0.2, 0.25) is 0 Å². The highest BCUT2D eigenvalue weighted by molar-refractivity contribution is 6.83. The summed E-state index contributed by atoms with van der Waals surface area (Å²) in [5, 5.41) is 3.36. The van der Waals surface area contributed by atoms with Crippen LogP contribution in [-0.2, 0) is 0 Å². The van der Waals surface area contributed by atoms with Gasteiger partial charge in [-0.05, 0) is 19.1 Å². The van der Waals surface area contributed by atoms with E-state index in [0.29, 0.717) is 0 Å². The molecule has 0 saturated carbocycles. The predicted octanol–water partition coefficient (Wildman–Crippen LogP) is 3.37. The van der Waals surface area contributed by atoms with E-state index in [4.69, 9.17) is 0 Å². The minimum Gasteiger partial charge on any atom is -0.372 e. The molecule has 1 aromatic carbocycles. The Morgan fingerprint density at radius 1 is 1.13 bits per heavy atom. The molecule has 0 bridgehead atoms. The Hall–Kier alpha value is -1.20. The molecule has 0 radical (unpaired) electrons. The molecule has 0 spiro atoms. The van der Waals surface area contributed by atoms with E-state index in [1.54, 1.807) is 0 Å². The molecule has 0 fully saturated rings. The van der Waals surface area contributed by atoms with Crippen molar-refractivity contribution in [2.75, 3.05) is 5.32 Å². The Kier molecular flexibility index (Phi) is 3.99. The van der Waals surface area contributed by atoms with E-state index in [1.165, 1.54) is 0 Å². The Labute approximate surface area is 93.9 Å². The van der Waals surface area contributed by atoms with Crippen LogP contribution >= 0.6 is 0 Å². The van der Waals surface area contributed by atoms with Gasteiger partial charge in [0.05, 0.1) is 6.04 Å². The summed E-state index contributed by atoms with van der Waals surface area (Å²) in [5.41, 5.74) is 4.50. The molecule has 1 N–H and O–H groups in total. The molecule has 0 aliphatic rings. The van der Waals surface area contributed by atoms with E-state index in [0.717, 1.165) is 5.69 Å². The van der Waals surface area contributed by atoms with Crippen molar-refractivity contribution in [3.63, 3.8) is 0 Å². The number of benzene rings is 1. The molecule has 1 nitrogen and oxygen atoms in total. The molecule has 1 rings (SSSR count). The molecule has 0 unspecified atom stereocenters. The topological polar surface area (TPSA) is 12.0 Å². The van der Waals surface area contributed by atoms with Crippen molar-refractivity contribution in [1.82, 2.24) is 0 Å². The number of rotatable bonds is 2. The summed E-state index contributed by atoms with van der Waals surface area (Å²) in [6.07, 6.45) is 0. The van der Waals surface area contributed by atoms with Gasteiger partial charge in [-0.1, -0.05) is 43.8 Å². The summed E-state index contributed by atoms with van der Waals surface area (Å²) >= 11 is 0. The van der Waals surface area contributed by atoms with Crippen molar-refractivity contribution in [3.05, 3.63) is 30.3 Å². The summed E-state index contributed by atoms with van der Waals surface area (Å²) < 4.78 is 0. The average Bonchev–Trinajstić information content (AvgIpc) is 2.15. The fourth-order valence-electron chi connectivity index (χ4n) is 1.15. The second kappa shape index (κ2) is 5.04. The van der Waals surface area contributed by atoms with Gasteiger partial charge in [0.15, 0.2) is 0 Å². The Morgan fingerprint density at radius 3 is 2.27 bits per heavy atom. The lowest BCUT2D eigenvalue weighted by Gasteiger charge is -2.10. The fourth-order valence-corrected chi connectivity index (χ4v) is 1.79. The van der Waals surface area contributed by atoms with E-state index in [9.17, 15) is 0 Å². The van der Waals surface area contributed by atoms with Crippen molar-refractivity contribution in [3.8, 4) is 11.5 Å². The lowest BCUT2D eigenvalue weighted by atomic mass is 10.3. The van der Waals surface area contributed by atoms with Crippen molar-refractivity contribution in [1.29, 1.82) is 0 Å². The molecule has 80 valence electrons. The second-order valence-electron chi connectivity index (χ2n) is 4.75. The van der Waals surface area contributed by atoms with E-state index in [2.05, 4.69) is 55.5 Å². The van der Waals surface area contributed by atoms with Crippen LogP contribution in [0.2, 0.25) is 19.6 Å². The maximum atomic E-state index is 3.37. The maximum Gasteiger partial charge on any atom is 0.129 e. The van der Waals surface area contributed by atoms with Crippen molar-refractivity contribution >= 4 is 13.8 Å². The molecular formula is C13H19NSi. The fraction of sp³-hybridized carbons (Fsp3) is 0.385.